The van der Waals surface area contributed by atoms with E-state index in [9.17, 15) is 75.0 Å². The average Bonchev–Trinajstić information content (AvgIpc) is 2.40. The van der Waals surface area contributed by atoms with Crippen molar-refractivity contribution in [2.45, 2.75) is 48.0 Å². The van der Waals surface area contributed by atoms with E-state index in [1.54, 1.807) is 4.74 Å². The molecule has 0 aromatic heterocycles. The van der Waals surface area contributed by atoms with E-state index in [1.165, 1.54) is 4.74 Å². The van der Waals surface area contributed by atoms with Crippen molar-refractivity contribution in [2.24, 2.45) is 0 Å². The van der Waals surface area contributed by atoms with E-state index in [1.807, 2.05) is 4.74 Å². The van der Waals surface area contributed by atoms with Crippen LogP contribution in [0.4, 0.5) is 70.2 Å². The van der Waals surface area contributed by atoms with E-state index in [-0.39, 0.29) is 0 Å². The van der Waals surface area contributed by atoms with Crippen LogP contribution < -0.4 is 0 Å². The van der Waals surface area contributed by atoms with Crippen LogP contribution in [0.25, 0.3) is 0 Å². The van der Waals surface area contributed by atoms with Gasteiger partial charge in [0, 0.05) is 0 Å². The standard InChI is InChI=1S/C9HClF16O5/c10-3(13,6(18,19)20)4(14,15)5(16,17)7(21,22)30-9(25,26)31-8(23,24)29-2(11,12)1(27)28/h(H,27,28). The predicted molar refractivity (Wildman–Crippen MR) is 56.3 cm³/mol. The van der Waals surface area contributed by atoms with Gasteiger partial charge < -0.3 is 5.11 Å². The molecule has 22 heteroatoms. The number of carboxylic acids is 1. The normalized spacial score (nSPS) is 17.5. The molecule has 1 unspecified atom stereocenters. The largest absolute Gasteiger partial charge is 0.497 e. The van der Waals surface area contributed by atoms with E-state index in [0.29, 0.717) is 0 Å². The van der Waals surface area contributed by atoms with Gasteiger partial charge in [0.25, 0.3) is 0 Å². The number of hydrogen-bond acceptors (Lipinski definition) is 4. The fraction of sp³-hybridized carbons (Fsp3) is 0.889. The molecule has 0 aliphatic rings. The number of rotatable bonds is 10. The summed E-state index contributed by atoms with van der Waals surface area (Å²) in [4.78, 5) is 9.78. The maximum absolute atomic E-state index is 13.1. The Morgan fingerprint density at radius 3 is 1.29 bits per heavy atom. The van der Waals surface area contributed by atoms with E-state index in [0.717, 1.165) is 0 Å². The van der Waals surface area contributed by atoms with Gasteiger partial charge >= 0.3 is 53.9 Å². The molecule has 0 heterocycles. The Kier molecular flexibility index (Phi) is 7.46. The van der Waals surface area contributed by atoms with Gasteiger partial charge in [-0.3, -0.25) is 0 Å². The Bertz CT molecular complexity index is 673. The predicted octanol–water partition coefficient (Wildman–Crippen LogP) is 5.14. The molecule has 0 fully saturated rings. The summed E-state index contributed by atoms with van der Waals surface area (Å²) in [6.07, 6.45) is -34.9. The molecule has 0 rings (SSSR count). The van der Waals surface area contributed by atoms with Crippen LogP contribution in [0.1, 0.15) is 0 Å². The van der Waals surface area contributed by atoms with Crippen molar-refractivity contribution in [1.29, 1.82) is 0 Å². The Labute approximate surface area is 161 Å². The quantitative estimate of drug-likeness (QED) is 0.242. The highest BCUT2D eigenvalue weighted by molar-refractivity contribution is 6.24. The fourth-order valence-electron chi connectivity index (χ4n) is 1.14. The fourth-order valence-corrected chi connectivity index (χ4v) is 1.26. The van der Waals surface area contributed by atoms with Crippen molar-refractivity contribution in [1.82, 2.24) is 0 Å². The lowest BCUT2D eigenvalue weighted by Gasteiger charge is -2.38. The second kappa shape index (κ2) is 7.83. The summed E-state index contributed by atoms with van der Waals surface area (Å²) in [6.45, 7) is 0. The first kappa shape index (κ1) is 29.5. The molecule has 0 saturated carbocycles. The van der Waals surface area contributed by atoms with E-state index in [4.69, 9.17) is 5.11 Å². The van der Waals surface area contributed by atoms with E-state index >= 15 is 0 Å². The molecule has 31 heavy (non-hydrogen) atoms. The molecular formula is C9HClF16O5. The lowest BCUT2D eigenvalue weighted by Crippen LogP contribution is -2.67. The average molecular weight is 529 g/mol. The third-order valence-corrected chi connectivity index (χ3v) is 2.94. The van der Waals surface area contributed by atoms with Crippen LogP contribution in [0.2, 0.25) is 0 Å². The van der Waals surface area contributed by atoms with Crippen LogP contribution in [0, 0.1) is 0 Å². The third-order valence-electron chi connectivity index (χ3n) is 2.49. The molecular weight excluding hydrogens is 528 g/mol. The molecule has 0 aliphatic carbocycles. The molecule has 0 aromatic rings. The van der Waals surface area contributed by atoms with Gasteiger partial charge in [0.2, 0.25) is 0 Å². The van der Waals surface area contributed by atoms with Gasteiger partial charge in [-0.05, 0) is 0 Å². The number of hydrogen-bond donors (Lipinski definition) is 1. The van der Waals surface area contributed by atoms with E-state index in [2.05, 4.69) is 11.6 Å². The summed E-state index contributed by atoms with van der Waals surface area (Å²) in [5.74, 6) is -19.5. The summed E-state index contributed by atoms with van der Waals surface area (Å²) in [7, 11) is 0. The topological polar surface area (TPSA) is 65.0 Å². The van der Waals surface area contributed by atoms with Crippen molar-refractivity contribution < 1.29 is 94.4 Å². The zero-order chi connectivity index (χ0) is 25.7. The highest BCUT2D eigenvalue weighted by Crippen LogP contribution is 2.59. The van der Waals surface area contributed by atoms with Gasteiger partial charge in [0.05, 0.1) is 0 Å². The summed E-state index contributed by atoms with van der Waals surface area (Å²) in [5.41, 5.74) is 0. The molecule has 5 nitrogen and oxygen atoms in total. The first-order valence-electron chi connectivity index (χ1n) is 6.12. The molecule has 0 aromatic carbocycles. The maximum atomic E-state index is 13.1. The number of aliphatic carboxylic acids is 1. The molecule has 0 saturated heterocycles. The monoisotopic (exact) mass is 528 g/mol. The Morgan fingerprint density at radius 2 is 0.968 bits per heavy atom. The Hall–Kier alpha value is -1.48. The number of alkyl halides is 17. The first-order chi connectivity index (χ1) is 13.1. The Morgan fingerprint density at radius 1 is 0.613 bits per heavy atom. The van der Waals surface area contributed by atoms with Gasteiger partial charge in [-0.15, -0.1) is 17.6 Å². The van der Waals surface area contributed by atoms with Crippen LogP contribution in [0.3, 0.4) is 0 Å². The van der Waals surface area contributed by atoms with Gasteiger partial charge in [-0.2, -0.15) is 48.3 Å². The molecule has 0 spiro atoms. The number of ether oxygens (including phenoxy) is 3. The summed E-state index contributed by atoms with van der Waals surface area (Å²) in [6, 6.07) is 0. The summed E-state index contributed by atoms with van der Waals surface area (Å²) < 4.78 is 208. The smallest absolute Gasteiger partial charge is 0.475 e. The second-order valence-electron chi connectivity index (χ2n) is 4.79. The first-order valence-corrected chi connectivity index (χ1v) is 6.49. The lowest BCUT2D eigenvalue weighted by molar-refractivity contribution is -0.584. The molecule has 0 aliphatic heterocycles. The van der Waals surface area contributed by atoms with Crippen LogP contribution in [-0.2, 0) is 19.0 Å². The van der Waals surface area contributed by atoms with E-state index < -0.39 is 53.9 Å². The minimum atomic E-state index is -8.01. The minimum Gasteiger partial charge on any atom is -0.475 e. The van der Waals surface area contributed by atoms with Crippen molar-refractivity contribution in [3.05, 3.63) is 0 Å². The van der Waals surface area contributed by atoms with Gasteiger partial charge in [-0.1, -0.05) is 11.6 Å². The summed E-state index contributed by atoms with van der Waals surface area (Å²) in [5, 5.41) is 0.622. The number of carbonyl (C=O) groups is 1. The third kappa shape index (κ3) is 5.86. The zero-order valence-corrected chi connectivity index (χ0v) is 13.8. The molecule has 186 valence electrons. The van der Waals surface area contributed by atoms with Gasteiger partial charge in [0.15, 0.2) is 0 Å². The molecule has 1 N–H and O–H groups in total. The minimum absolute atomic E-state index is 1.43. The van der Waals surface area contributed by atoms with Crippen molar-refractivity contribution in [3.63, 3.8) is 0 Å². The lowest BCUT2D eigenvalue weighted by atomic mass is 10.0. The van der Waals surface area contributed by atoms with Crippen molar-refractivity contribution in [2.75, 3.05) is 0 Å². The molecule has 0 amide bonds. The number of carboxylic acid groups (broad SMARTS) is 1. The molecule has 1 atom stereocenters. The van der Waals surface area contributed by atoms with Crippen molar-refractivity contribution >= 4 is 17.6 Å². The van der Waals surface area contributed by atoms with Crippen LogP contribution in [0.5, 0.6) is 0 Å². The zero-order valence-electron chi connectivity index (χ0n) is 13.0. The van der Waals surface area contributed by atoms with Crippen molar-refractivity contribution in [3.8, 4) is 0 Å². The Balaban J connectivity index is 5.92. The maximum Gasteiger partial charge on any atom is 0.497 e. The SMILES string of the molecule is O=C(O)C(F)(F)OC(F)(F)OC(F)(F)OC(F)(F)C(F)(F)C(F)(F)C(F)(Cl)C(F)(F)F. The number of halogens is 17. The highest BCUT2D eigenvalue weighted by atomic mass is 35.5. The van der Waals surface area contributed by atoms with Crippen LogP contribution in [0.15, 0.2) is 0 Å². The van der Waals surface area contributed by atoms with Crippen LogP contribution in [-0.4, -0.2) is 59.0 Å². The second-order valence-corrected chi connectivity index (χ2v) is 5.31. The molecule has 0 bridgehead atoms. The summed E-state index contributed by atoms with van der Waals surface area (Å²) >= 11 is 3.47. The van der Waals surface area contributed by atoms with Crippen LogP contribution >= 0.6 is 11.6 Å². The molecule has 0 radical (unpaired) electrons. The highest BCUT2D eigenvalue weighted by Gasteiger charge is 2.87. The van der Waals surface area contributed by atoms with Gasteiger partial charge in [0.1, 0.15) is 0 Å². The van der Waals surface area contributed by atoms with Gasteiger partial charge in [-0.25, -0.2) is 23.4 Å².